The summed E-state index contributed by atoms with van der Waals surface area (Å²) in [5.74, 6) is -1.19. The molecule has 10 heteroatoms. The first-order valence-corrected chi connectivity index (χ1v) is 12.2. The third-order valence-corrected chi connectivity index (χ3v) is 7.69. The van der Waals surface area contributed by atoms with Gasteiger partial charge in [0.1, 0.15) is 5.03 Å². The maximum absolute atomic E-state index is 12.7. The molecule has 0 bridgehead atoms. The lowest BCUT2D eigenvalue weighted by Gasteiger charge is -2.13. The number of pyridine rings is 1. The second-order valence-electron chi connectivity index (χ2n) is 7.43. The quantitative estimate of drug-likeness (QED) is 0.520. The zero-order valence-corrected chi connectivity index (χ0v) is 20.3. The highest BCUT2D eigenvalue weighted by molar-refractivity contribution is 7.99. The minimum atomic E-state index is -3.69. The van der Waals surface area contributed by atoms with Gasteiger partial charge in [-0.05, 0) is 67.4 Å². The number of aryl methyl sites for hydroxylation is 2. The van der Waals surface area contributed by atoms with Gasteiger partial charge in [0.05, 0.1) is 10.5 Å². The highest BCUT2D eigenvalue weighted by Crippen LogP contribution is 2.29. The van der Waals surface area contributed by atoms with Crippen molar-refractivity contribution < 1.29 is 18.0 Å². The number of nitrogens with one attached hydrogen (secondary N) is 2. The van der Waals surface area contributed by atoms with Crippen molar-refractivity contribution in [1.82, 2.24) is 20.1 Å². The summed E-state index contributed by atoms with van der Waals surface area (Å²) in [6.45, 7) is 4.04. The molecule has 2 amide bonds. The molecule has 1 heterocycles. The lowest BCUT2D eigenvalue weighted by Crippen LogP contribution is -2.42. The minimum absolute atomic E-state index is 0.0224. The number of aromatic nitrogens is 1. The minimum Gasteiger partial charge on any atom is -0.267 e. The van der Waals surface area contributed by atoms with Crippen molar-refractivity contribution in [1.29, 1.82) is 0 Å². The maximum Gasteiger partial charge on any atom is 0.272 e. The number of hydrogen-bond donors (Lipinski definition) is 2. The number of hydrazine groups is 1. The fourth-order valence-electron chi connectivity index (χ4n) is 2.80. The van der Waals surface area contributed by atoms with Gasteiger partial charge in [-0.25, -0.2) is 17.7 Å². The summed E-state index contributed by atoms with van der Waals surface area (Å²) < 4.78 is 25.7. The van der Waals surface area contributed by atoms with E-state index >= 15 is 0 Å². The van der Waals surface area contributed by atoms with E-state index in [4.69, 9.17) is 0 Å². The molecule has 3 aromatic rings. The van der Waals surface area contributed by atoms with Crippen LogP contribution >= 0.6 is 11.8 Å². The average molecular weight is 485 g/mol. The Labute approximate surface area is 197 Å². The molecule has 2 aromatic carbocycles. The van der Waals surface area contributed by atoms with Crippen molar-refractivity contribution in [3.63, 3.8) is 0 Å². The van der Waals surface area contributed by atoms with Crippen LogP contribution in [0.15, 0.2) is 75.6 Å². The van der Waals surface area contributed by atoms with Gasteiger partial charge in [0, 0.05) is 30.8 Å². The first-order chi connectivity index (χ1) is 15.6. The van der Waals surface area contributed by atoms with Crippen molar-refractivity contribution in [2.24, 2.45) is 0 Å². The highest BCUT2D eigenvalue weighted by Gasteiger charge is 2.19. The van der Waals surface area contributed by atoms with E-state index in [0.717, 1.165) is 14.8 Å². The molecule has 0 aliphatic heterocycles. The highest BCUT2D eigenvalue weighted by atomic mass is 32.2. The number of amides is 2. The summed E-state index contributed by atoms with van der Waals surface area (Å²) in [7, 11) is -0.881. The van der Waals surface area contributed by atoms with E-state index < -0.39 is 21.8 Å². The third kappa shape index (κ3) is 5.78. The first kappa shape index (κ1) is 24.4. The topological polar surface area (TPSA) is 108 Å². The largest absolute Gasteiger partial charge is 0.272 e. The Bertz CT molecular complexity index is 1310. The zero-order chi connectivity index (χ0) is 24.2. The normalized spacial score (nSPS) is 11.3. The van der Waals surface area contributed by atoms with Gasteiger partial charge < -0.3 is 0 Å². The molecule has 3 rings (SSSR count). The Hall–Kier alpha value is -3.21. The van der Waals surface area contributed by atoms with Crippen LogP contribution in [0.2, 0.25) is 0 Å². The Morgan fingerprint density at radius 1 is 0.909 bits per heavy atom. The summed E-state index contributed by atoms with van der Waals surface area (Å²) in [6.07, 6.45) is 1.59. The van der Waals surface area contributed by atoms with Crippen molar-refractivity contribution >= 4 is 33.6 Å². The van der Waals surface area contributed by atoms with Crippen molar-refractivity contribution in [2.75, 3.05) is 14.1 Å². The predicted octanol–water partition coefficient (Wildman–Crippen LogP) is 3.17. The van der Waals surface area contributed by atoms with Crippen LogP contribution in [0, 0.1) is 13.8 Å². The Kier molecular flexibility index (Phi) is 7.52. The molecule has 0 aliphatic rings. The summed E-state index contributed by atoms with van der Waals surface area (Å²) in [4.78, 5) is 30.5. The van der Waals surface area contributed by atoms with Crippen LogP contribution in [0.5, 0.6) is 0 Å². The van der Waals surface area contributed by atoms with Crippen LogP contribution < -0.4 is 10.9 Å². The monoisotopic (exact) mass is 484 g/mol. The number of carbonyl (C=O) groups excluding carboxylic acids is 2. The van der Waals surface area contributed by atoms with E-state index in [1.807, 2.05) is 32.0 Å². The number of nitrogens with zero attached hydrogens (tertiary/aromatic N) is 2. The summed E-state index contributed by atoms with van der Waals surface area (Å²) >= 11 is 1.35. The van der Waals surface area contributed by atoms with Gasteiger partial charge in [0.25, 0.3) is 11.8 Å². The molecule has 0 saturated carbocycles. The van der Waals surface area contributed by atoms with Gasteiger partial charge in [0.15, 0.2) is 0 Å². The van der Waals surface area contributed by atoms with Gasteiger partial charge in [-0.3, -0.25) is 20.4 Å². The molecular formula is C23H24N4O4S2. The molecule has 0 saturated heterocycles. The standard InChI is InChI=1S/C23H24N4O4S2/c1-15-10-11-18(13-16(15)2)32-23-20(9-6-12-24-23)22(29)26-25-21(28)17-7-5-8-19(14-17)33(30,31)27(3)4/h5-14H,1-4H3,(H,25,28)(H,26,29). The molecule has 8 nitrogen and oxygen atoms in total. The second-order valence-corrected chi connectivity index (χ2v) is 10.6. The fourth-order valence-corrected chi connectivity index (χ4v) is 4.72. The van der Waals surface area contributed by atoms with Crippen LogP contribution in [0.25, 0.3) is 0 Å². The zero-order valence-electron chi connectivity index (χ0n) is 18.6. The van der Waals surface area contributed by atoms with E-state index in [1.54, 1.807) is 18.3 Å². The summed E-state index contributed by atoms with van der Waals surface area (Å²) in [5, 5.41) is 0.492. The molecule has 0 spiro atoms. The second kappa shape index (κ2) is 10.2. The van der Waals surface area contributed by atoms with E-state index in [0.29, 0.717) is 10.6 Å². The molecule has 2 N–H and O–H groups in total. The van der Waals surface area contributed by atoms with Crippen LogP contribution in [-0.4, -0.2) is 43.6 Å². The SMILES string of the molecule is Cc1ccc(Sc2ncccc2C(=O)NNC(=O)c2cccc(S(=O)(=O)N(C)C)c2)cc1C. The van der Waals surface area contributed by atoms with Crippen LogP contribution in [0.3, 0.4) is 0 Å². The average Bonchev–Trinajstić information content (AvgIpc) is 2.80. The van der Waals surface area contributed by atoms with Crippen LogP contribution in [-0.2, 0) is 10.0 Å². The Morgan fingerprint density at radius 3 is 2.33 bits per heavy atom. The van der Waals surface area contributed by atoms with Crippen molar-refractivity contribution in [2.45, 2.75) is 28.7 Å². The molecule has 33 heavy (non-hydrogen) atoms. The molecule has 0 unspecified atom stereocenters. The van der Waals surface area contributed by atoms with E-state index in [9.17, 15) is 18.0 Å². The fraction of sp³-hybridized carbons (Fsp3) is 0.174. The van der Waals surface area contributed by atoms with E-state index in [1.165, 1.54) is 55.7 Å². The number of hydrogen-bond acceptors (Lipinski definition) is 6. The number of rotatable bonds is 6. The van der Waals surface area contributed by atoms with Crippen LogP contribution in [0.1, 0.15) is 31.8 Å². The maximum atomic E-state index is 12.7. The van der Waals surface area contributed by atoms with Gasteiger partial charge in [-0.2, -0.15) is 0 Å². The van der Waals surface area contributed by atoms with Gasteiger partial charge >= 0.3 is 0 Å². The van der Waals surface area contributed by atoms with Gasteiger partial charge in [-0.1, -0.05) is 23.9 Å². The van der Waals surface area contributed by atoms with Crippen LogP contribution in [0.4, 0.5) is 0 Å². The first-order valence-electron chi connectivity index (χ1n) is 9.93. The summed E-state index contributed by atoms with van der Waals surface area (Å²) in [6, 6.07) is 14.8. The lowest BCUT2D eigenvalue weighted by molar-refractivity contribution is 0.0844. The van der Waals surface area contributed by atoms with E-state index in [2.05, 4.69) is 15.8 Å². The molecule has 0 radical (unpaired) electrons. The molecule has 172 valence electrons. The summed E-state index contributed by atoms with van der Waals surface area (Å²) in [5.41, 5.74) is 7.39. The van der Waals surface area contributed by atoms with Crippen molar-refractivity contribution in [3.8, 4) is 0 Å². The molecule has 0 atom stereocenters. The predicted molar refractivity (Wildman–Crippen MR) is 127 cm³/mol. The molecular weight excluding hydrogens is 460 g/mol. The third-order valence-electron chi connectivity index (χ3n) is 4.87. The van der Waals surface area contributed by atoms with E-state index in [-0.39, 0.29) is 10.5 Å². The smallest absolute Gasteiger partial charge is 0.267 e. The Morgan fingerprint density at radius 2 is 1.64 bits per heavy atom. The lowest BCUT2D eigenvalue weighted by atomic mass is 10.1. The molecule has 0 aliphatic carbocycles. The number of benzene rings is 2. The van der Waals surface area contributed by atoms with Crippen molar-refractivity contribution in [3.05, 3.63) is 83.0 Å². The number of sulfonamides is 1. The van der Waals surface area contributed by atoms with Gasteiger partial charge in [-0.15, -0.1) is 0 Å². The molecule has 1 aromatic heterocycles. The Balaban J connectivity index is 1.73. The van der Waals surface area contributed by atoms with Gasteiger partial charge in [0.2, 0.25) is 10.0 Å². The molecule has 0 fully saturated rings. The number of carbonyl (C=O) groups is 2.